The van der Waals surface area contributed by atoms with E-state index in [2.05, 4.69) is 11.8 Å². The molecule has 0 fully saturated rings. The Morgan fingerprint density at radius 3 is 2.83 bits per heavy atom. The average molecular weight is 183 g/mol. The van der Waals surface area contributed by atoms with E-state index in [1.807, 2.05) is 13.0 Å². The molecule has 0 radical (unpaired) electrons. The molecule has 0 unspecified atom stereocenters. The van der Waals surface area contributed by atoms with Crippen LogP contribution in [-0.4, -0.2) is 5.88 Å². The van der Waals surface area contributed by atoms with Crippen LogP contribution in [0.5, 0.6) is 0 Å². The molecule has 0 bridgehead atoms. The minimum atomic E-state index is -0.285. The van der Waals surface area contributed by atoms with Gasteiger partial charge in [0.1, 0.15) is 5.82 Å². The topological polar surface area (TPSA) is 0 Å². The number of rotatable bonds is 0. The highest BCUT2D eigenvalue weighted by atomic mass is 35.5. The molecule has 1 rings (SSSR count). The van der Waals surface area contributed by atoms with Crippen molar-refractivity contribution in [2.24, 2.45) is 0 Å². The number of hydrogen-bond acceptors (Lipinski definition) is 0. The first-order valence-corrected chi connectivity index (χ1v) is 4.08. The first-order valence-electron chi connectivity index (χ1n) is 3.55. The van der Waals surface area contributed by atoms with E-state index in [9.17, 15) is 4.39 Å². The van der Waals surface area contributed by atoms with Crippen molar-refractivity contribution in [3.05, 3.63) is 35.1 Å². The summed E-state index contributed by atoms with van der Waals surface area (Å²) < 4.78 is 13.0. The molecule has 0 atom stereocenters. The zero-order valence-corrected chi connectivity index (χ0v) is 7.45. The summed E-state index contributed by atoms with van der Waals surface area (Å²) in [5.74, 6) is 5.18. The van der Waals surface area contributed by atoms with Crippen LogP contribution in [0.4, 0.5) is 4.39 Å². The van der Waals surface area contributed by atoms with Crippen molar-refractivity contribution in [2.45, 2.75) is 6.92 Å². The highest BCUT2D eigenvalue weighted by Gasteiger charge is 1.96. The Morgan fingerprint density at radius 1 is 1.50 bits per heavy atom. The van der Waals surface area contributed by atoms with Crippen LogP contribution in [0, 0.1) is 24.6 Å². The van der Waals surface area contributed by atoms with Crippen molar-refractivity contribution in [3.8, 4) is 11.8 Å². The fourth-order valence-corrected chi connectivity index (χ4v) is 0.917. The highest BCUT2D eigenvalue weighted by Crippen LogP contribution is 2.07. The summed E-state index contributed by atoms with van der Waals surface area (Å²) in [5, 5.41) is 0. The molecule has 12 heavy (non-hydrogen) atoms. The molecule has 2 heteroatoms. The number of benzene rings is 1. The molecule has 1 aromatic rings. The van der Waals surface area contributed by atoms with Gasteiger partial charge in [-0.1, -0.05) is 17.9 Å². The third-order valence-corrected chi connectivity index (χ3v) is 1.55. The Morgan fingerprint density at radius 2 is 2.25 bits per heavy atom. The van der Waals surface area contributed by atoms with Crippen LogP contribution >= 0.6 is 11.6 Å². The minimum Gasteiger partial charge on any atom is -0.206 e. The van der Waals surface area contributed by atoms with Gasteiger partial charge in [0.25, 0.3) is 0 Å². The number of alkyl halides is 1. The summed E-state index contributed by atoms with van der Waals surface area (Å²) in [6.45, 7) is 1.84. The van der Waals surface area contributed by atoms with Crippen molar-refractivity contribution in [1.82, 2.24) is 0 Å². The molecule has 1 aromatic carbocycles. The van der Waals surface area contributed by atoms with Crippen LogP contribution < -0.4 is 0 Å². The van der Waals surface area contributed by atoms with Gasteiger partial charge in [-0.3, -0.25) is 0 Å². The molecular formula is C10H8ClF. The monoisotopic (exact) mass is 182 g/mol. The molecule has 0 spiro atoms. The number of aryl methyl sites for hydroxylation is 1. The third-order valence-electron chi connectivity index (χ3n) is 1.41. The second-order valence-corrected chi connectivity index (χ2v) is 2.69. The average Bonchev–Trinajstić information content (AvgIpc) is 2.03. The molecule has 0 saturated carbocycles. The molecule has 0 N–H and O–H groups in total. The van der Waals surface area contributed by atoms with E-state index in [1.165, 1.54) is 6.07 Å². The molecule has 0 aliphatic rings. The van der Waals surface area contributed by atoms with Gasteiger partial charge in [0.2, 0.25) is 0 Å². The quantitative estimate of drug-likeness (QED) is 0.428. The van der Waals surface area contributed by atoms with Crippen LogP contribution in [0.3, 0.4) is 0 Å². The first kappa shape index (κ1) is 9.09. The molecule has 0 saturated heterocycles. The molecule has 0 aliphatic heterocycles. The van der Waals surface area contributed by atoms with Crippen molar-refractivity contribution in [3.63, 3.8) is 0 Å². The van der Waals surface area contributed by atoms with Gasteiger partial charge in [-0.2, -0.15) is 0 Å². The van der Waals surface area contributed by atoms with E-state index in [0.717, 1.165) is 5.56 Å². The SMILES string of the molecule is Cc1ccc(C#CCCl)c(F)c1. The lowest BCUT2D eigenvalue weighted by Gasteiger charge is -1.94. The predicted octanol–water partition coefficient (Wildman–Crippen LogP) is 2.72. The van der Waals surface area contributed by atoms with Crippen LogP contribution in [-0.2, 0) is 0 Å². The maximum Gasteiger partial charge on any atom is 0.139 e. The van der Waals surface area contributed by atoms with Crippen molar-refractivity contribution < 1.29 is 4.39 Å². The summed E-state index contributed by atoms with van der Waals surface area (Å²) in [6, 6.07) is 4.93. The van der Waals surface area contributed by atoms with Crippen molar-refractivity contribution in [2.75, 3.05) is 5.88 Å². The van der Waals surface area contributed by atoms with Crippen LogP contribution in [0.25, 0.3) is 0 Å². The Labute approximate surface area is 76.4 Å². The number of halogens is 2. The van der Waals surface area contributed by atoms with Gasteiger partial charge in [-0.05, 0) is 24.6 Å². The van der Waals surface area contributed by atoms with Gasteiger partial charge in [0, 0.05) is 0 Å². The zero-order chi connectivity index (χ0) is 8.97. The maximum atomic E-state index is 13.0. The Bertz CT molecular complexity index is 333. The molecule has 0 aliphatic carbocycles. The molecule has 62 valence electrons. The summed E-state index contributed by atoms with van der Waals surface area (Å²) in [6.07, 6.45) is 0. The predicted molar refractivity (Wildman–Crippen MR) is 48.7 cm³/mol. The van der Waals surface area contributed by atoms with E-state index < -0.39 is 0 Å². The Balaban J connectivity index is 3.01. The smallest absolute Gasteiger partial charge is 0.139 e. The van der Waals surface area contributed by atoms with Gasteiger partial charge >= 0.3 is 0 Å². The standard InChI is InChI=1S/C10H8ClF/c1-8-4-5-9(3-2-6-11)10(12)7-8/h4-5,7H,6H2,1H3. The number of hydrogen-bond donors (Lipinski definition) is 0. The van der Waals surface area contributed by atoms with E-state index >= 15 is 0 Å². The van der Waals surface area contributed by atoms with Gasteiger partial charge < -0.3 is 0 Å². The normalized spacial score (nSPS) is 8.92. The first-order chi connectivity index (χ1) is 5.74. The van der Waals surface area contributed by atoms with Crippen molar-refractivity contribution >= 4 is 11.6 Å². The lowest BCUT2D eigenvalue weighted by atomic mass is 10.1. The maximum absolute atomic E-state index is 13.0. The minimum absolute atomic E-state index is 0.229. The highest BCUT2D eigenvalue weighted by molar-refractivity contribution is 6.19. The third kappa shape index (κ3) is 2.25. The fraction of sp³-hybridized carbons (Fsp3) is 0.200. The largest absolute Gasteiger partial charge is 0.206 e. The van der Waals surface area contributed by atoms with Gasteiger partial charge in [-0.15, -0.1) is 11.6 Å². The summed E-state index contributed by atoms with van der Waals surface area (Å²) in [4.78, 5) is 0. The van der Waals surface area contributed by atoms with Gasteiger partial charge in [0.15, 0.2) is 0 Å². The second-order valence-electron chi connectivity index (χ2n) is 2.42. The molecular weight excluding hydrogens is 175 g/mol. The fourth-order valence-electron chi connectivity index (χ4n) is 0.850. The second kappa shape index (κ2) is 4.13. The Kier molecular flexibility index (Phi) is 3.13. The van der Waals surface area contributed by atoms with Gasteiger partial charge in [-0.25, -0.2) is 4.39 Å². The van der Waals surface area contributed by atoms with Crippen LogP contribution in [0.1, 0.15) is 11.1 Å². The van der Waals surface area contributed by atoms with Crippen LogP contribution in [0.2, 0.25) is 0 Å². The summed E-state index contributed by atoms with van der Waals surface area (Å²) in [7, 11) is 0. The zero-order valence-electron chi connectivity index (χ0n) is 6.70. The van der Waals surface area contributed by atoms with E-state index in [0.29, 0.717) is 5.56 Å². The lowest BCUT2D eigenvalue weighted by molar-refractivity contribution is 0.623. The van der Waals surface area contributed by atoms with Crippen molar-refractivity contribution in [1.29, 1.82) is 0 Å². The Hall–Kier alpha value is -1.000. The van der Waals surface area contributed by atoms with Gasteiger partial charge in [0.05, 0.1) is 11.4 Å². The van der Waals surface area contributed by atoms with E-state index in [4.69, 9.17) is 11.6 Å². The van der Waals surface area contributed by atoms with E-state index in [-0.39, 0.29) is 11.7 Å². The molecule has 0 amide bonds. The van der Waals surface area contributed by atoms with Crippen LogP contribution in [0.15, 0.2) is 18.2 Å². The molecule has 0 aromatic heterocycles. The van der Waals surface area contributed by atoms with E-state index in [1.54, 1.807) is 6.07 Å². The summed E-state index contributed by atoms with van der Waals surface area (Å²) >= 11 is 5.34. The lowest BCUT2D eigenvalue weighted by Crippen LogP contribution is -1.84. The molecule has 0 heterocycles. The molecule has 0 nitrogen and oxygen atoms in total. The summed E-state index contributed by atoms with van der Waals surface area (Å²) in [5.41, 5.74) is 1.30.